The van der Waals surface area contributed by atoms with Gasteiger partial charge in [0, 0.05) is 18.6 Å². The van der Waals surface area contributed by atoms with Crippen LogP contribution in [0.4, 0.5) is 0 Å². The summed E-state index contributed by atoms with van der Waals surface area (Å²) in [6.45, 7) is 12.1. The van der Waals surface area contributed by atoms with Crippen molar-refractivity contribution in [3.63, 3.8) is 0 Å². The van der Waals surface area contributed by atoms with Gasteiger partial charge >= 0.3 is 0 Å². The topological polar surface area (TPSA) is 24.5 Å². The summed E-state index contributed by atoms with van der Waals surface area (Å²) in [6.07, 6.45) is 5.03. The molecular formula is C14H30N2O. The second-order valence-corrected chi connectivity index (χ2v) is 5.12. The molecule has 3 heteroatoms. The first-order valence-electron chi connectivity index (χ1n) is 7.33. The minimum atomic E-state index is 0.641. The molecular weight excluding hydrogens is 212 g/mol. The molecule has 3 nitrogen and oxygen atoms in total. The molecule has 2 unspecified atom stereocenters. The van der Waals surface area contributed by atoms with Crippen molar-refractivity contribution in [2.45, 2.75) is 58.5 Å². The molecule has 1 fully saturated rings. The van der Waals surface area contributed by atoms with Gasteiger partial charge < -0.3 is 10.1 Å². The molecule has 1 rings (SSSR count). The molecule has 1 heterocycles. The summed E-state index contributed by atoms with van der Waals surface area (Å²) >= 11 is 0. The summed E-state index contributed by atoms with van der Waals surface area (Å²) in [5.74, 6) is 0. The van der Waals surface area contributed by atoms with Crippen LogP contribution in [0.2, 0.25) is 0 Å². The van der Waals surface area contributed by atoms with Gasteiger partial charge in [-0.2, -0.15) is 0 Å². The van der Waals surface area contributed by atoms with Crippen molar-refractivity contribution in [3.05, 3.63) is 0 Å². The lowest BCUT2D eigenvalue weighted by molar-refractivity contribution is -0.0282. The van der Waals surface area contributed by atoms with E-state index in [2.05, 4.69) is 31.0 Å². The molecule has 102 valence electrons. The van der Waals surface area contributed by atoms with Gasteiger partial charge in [0.1, 0.15) is 0 Å². The number of nitrogens with zero attached hydrogens (tertiary/aromatic N) is 1. The van der Waals surface area contributed by atoms with Gasteiger partial charge in [-0.05, 0) is 45.7 Å². The molecule has 1 aliphatic rings. The Kier molecular flexibility index (Phi) is 7.82. The standard InChI is InChI=1S/C14H30N2O/c1-4-8-15-9-6-7-13(3)16-10-11-17-12-14(16)5-2/h13-15H,4-12H2,1-3H3. The molecule has 1 N–H and O–H groups in total. The molecule has 0 aromatic heterocycles. The molecule has 0 spiro atoms. The van der Waals surface area contributed by atoms with Crippen LogP contribution in [-0.2, 0) is 4.74 Å². The number of ether oxygens (including phenoxy) is 1. The van der Waals surface area contributed by atoms with E-state index in [9.17, 15) is 0 Å². The van der Waals surface area contributed by atoms with Crippen molar-refractivity contribution >= 4 is 0 Å². The summed E-state index contributed by atoms with van der Waals surface area (Å²) in [5.41, 5.74) is 0. The largest absolute Gasteiger partial charge is 0.378 e. The Morgan fingerprint density at radius 1 is 1.35 bits per heavy atom. The van der Waals surface area contributed by atoms with E-state index < -0.39 is 0 Å². The predicted molar refractivity (Wildman–Crippen MR) is 73.5 cm³/mol. The minimum Gasteiger partial charge on any atom is -0.378 e. The van der Waals surface area contributed by atoms with Crippen LogP contribution in [0.1, 0.15) is 46.5 Å². The Labute approximate surface area is 107 Å². The molecule has 0 bridgehead atoms. The molecule has 2 atom stereocenters. The molecule has 0 aromatic carbocycles. The second kappa shape index (κ2) is 8.90. The van der Waals surface area contributed by atoms with Gasteiger partial charge in [-0.1, -0.05) is 13.8 Å². The monoisotopic (exact) mass is 242 g/mol. The third-order valence-electron chi connectivity index (χ3n) is 3.71. The van der Waals surface area contributed by atoms with Crippen LogP contribution in [0.25, 0.3) is 0 Å². The van der Waals surface area contributed by atoms with E-state index in [0.717, 1.165) is 26.3 Å². The fourth-order valence-corrected chi connectivity index (χ4v) is 2.59. The zero-order valence-corrected chi connectivity index (χ0v) is 11.9. The first-order valence-corrected chi connectivity index (χ1v) is 7.33. The van der Waals surface area contributed by atoms with Gasteiger partial charge in [0.2, 0.25) is 0 Å². The quantitative estimate of drug-likeness (QED) is 0.661. The molecule has 0 aliphatic carbocycles. The zero-order chi connectivity index (χ0) is 12.5. The van der Waals surface area contributed by atoms with Crippen LogP contribution in [0.3, 0.4) is 0 Å². The highest BCUT2D eigenvalue weighted by Crippen LogP contribution is 2.16. The van der Waals surface area contributed by atoms with Crippen LogP contribution < -0.4 is 5.32 Å². The third kappa shape index (κ3) is 5.36. The van der Waals surface area contributed by atoms with E-state index in [1.54, 1.807) is 0 Å². The fraction of sp³-hybridized carbons (Fsp3) is 1.00. The van der Waals surface area contributed by atoms with E-state index in [1.165, 1.54) is 32.2 Å². The normalized spacial score (nSPS) is 23.8. The van der Waals surface area contributed by atoms with Gasteiger partial charge in [0.25, 0.3) is 0 Å². The molecule has 1 aliphatic heterocycles. The molecule has 1 saturated heterocycles. The SMILES string of the molecule is CCCNCCCC(C)N1CCOCC1CC. The van der Waals surface area contributed by atoms with Crippen molar-refractivity contribution in [3.8, 4) is 0 Å². The number of rotatable bonds is 8. The summed E-state index contributed by atoms with van der Waals surface area (Å²) < 4.78 is 5.56. The predicted octanol–water partition coefficient (Wildman–Crippen LogP) is 2.27. The summed E-state index contributed by atoms with van der Waals surface area (Å²) in [7, 11) is 0. The number of hydrogen-bond acceptors (Lipinski definition) is 3. The lowest BCUT2D eigenvalue weighted by atomic mass is 10.1. The number of hydrogen-bond donors (Lipinski definition) is 1. The summed E-state index contributed by atoms with van der Waals surface area (Å²) in [6, 6.07) is 1.34. The molecule has 0 saturated carbocycles. The van der Waals surface area contributed by atoms with E-state index in [1.807, 2.05) is 0 Å². The molecule has 17 heavy (non-hydrogen) atoms. The number of nitrogens with one attached hydrogen (secondary N) is 1. The molecule has 0 amide bonds. The maximum absolute atomic E-state index is 5.56. The molecule has 0 radical (unpaired) electrons. The third-order valence-corrected chi connectivity index (χ3v) is 3.71. The van der Waals surface area contributed by atoms with Gasteiger partial charge in [-0.3, -0.25) is 4.90 Å². The first-order chi connectivity index (χ1) is 8.29. The minimum absolute atomic E-state index is 0.641. The average molecular weight is 242 g/mol. The lowest BCUT2D eigenvalue weighted by Crippen LogP contribution is -2.49. The summed E-state index contributed by atoms with van der Waals surface area (Å²) in [5, 5.41) is 3.48. The van der Waals surface area contributed by atoms with Crippen molar-refractivity contribution in [2.75, 3.05) is 32.8 Å². The zero-order valence-electron chi connectivity index (χ0n) is 11.9. The maximum Gasteiger partial charge on any atom is 0.0622 e. The van der Waals surface area contributed by atoms with Crippen LogP contribution in [0.5, 0.6) is 0 Å². The Bertz CT molecular complexity index is 187. The van der Waals surface area contributed by atoms with Gasteiger partial charge in [0.05, 0.1) is 13.2 Å². The number of morpholine rings is 1. The van der Waals surface area contributed by atoms with Crippen molar-refractivity contribution in [1.82, 2.24) is 10.2 Å². The Balaban J connectivity index is 2.18. The second-order valence-electron chi connectivity index (χ2n) is 5.12. The maximum atomic E-state index is 5.56. The van der Waals surface area contributed by atoms with Gasteiger partial charge in [-0.15, -0.1) is 0 Å². The fourth-order valence-electron chi connectivity index (χ4n) is 2.59. The van der Waals surface area contributed by atoms with Crippen molar-refractivity contribution in [1.29, 1.82) is 0 Å². The van der Waals surface area contributed by atoms with Crippen LogP contribution >= 0.6 is 0 Å². The lowest BCUT2D eigenvalue weighted by Gasteiger charge is -2.39. The Hall–Kier alpha value is -0.120. The van der Waals surface area contributed by atoms with Crippen LogP contribution in [0, 0.1) is 0 Å². The summed E-state index contributed by atoms with van der Waals surface area (Å²) in [4.78, 5) is 2.64. The van der Waals surface area contributed by atoms with E-state index in [4.69, 9.17) is 4.74 Å². The van der Waals surface area contributed by atoms with Crippen molar-refractivity contribution in [2.24, 2.45) is 0 Å². The van der Waals surface area contributed by atoms with Crippen LogP contribution in [0.15, 0.2) is 0 Å². The average Bonchev–Trinajstić information content (AvgIpc) is 2.38. The van der Waals surface area contributed by atoms with E-state index >= 15 is 0 Å². The van der Waals surface area contributed by atoms with Crippen LogP contribution in [-0.4, -0.2) is 49.8 Å². The highest BCUT2D eigenvalue weighted by Gasteiger charge is 2.25. The Morgan fingerprint density at radius 2 is 2.18 bits per heavy atom. The molecule has 0 aromatic rings. The van der Waals surface area contributed by atoms with Gasteiger partial charge in [0.15, 0.2) is 0 Å². The highest BCUT2D eigenvalue weighted by atomic mass is 16.5. The van der Waals surface area contributed by atoms with E-state index in [-0.39, 0.29) is 0 Å². The first kappa shape index (κ1) is 14.9. The highest BCUT2D eigenvalue weighted by molar-refractivity contribution is 4.78. The Morgan fingerprint density at radius 3 is 2.88 bits per heavy atom. The van der Waals surface area contributed by atoms with Gasteiger partial charge in [-0.25, -0.2) is 0 Å². The smallest absolute Gasteiger partial charge is 0.0622 e. The van der Waals surface area contributed by atoms with Crippen molar-refractivity contribution < 1.29 is 4.74 Å². The van der Waals surface area contributed by atoms with E-state index in [0.29, 0.717) is 12.1 Å².